The number of hydrogen-bond acceptors (Lipinski definition) is 5. The van der Waals surface area contributed by atoms with E-state index in [0.29, 0.717) is 41.9 Å². The zero-order valence-electron chi connectivity index (χ0n) is 8.07. The minimum absolute atomic E-state index is 0.294. The van der Waals surface area contributed by atoms with Crippen molar-refractivity contribution in [3.8, 4) is 0 Å². The predicted molar refractivity (Wildman–Crippen MR) is 57.5 cm³/mol. The van der Waals surface area contributed by atoms with Crippen LogP contribution in [0.4, 0.5) is 11.4 Å². The molecule has 0 radical (unpaired) electrons. The lowest BCUT2D eigenvalue weighted by atomic mass is 10.2. The highest BCUT2D eigenvalue weighted by Crippen LogP contribution is 2.24. The molecule has 1 aromatic rings. The maximum Gasteiger partial charge on any atom is 0.163 e. The number of ether oxygens (including phenoxy) is 2. The SMILES string of the molecule is Nc1cc(Cl)nc(CC2OCCO2)c1N. The molecule has 1 fully saturated rings. The third-order valence-electron chi connectivity index (χ3n) is 2.19. The number of nitrogen functional groups attached to an aromatic ring is 2. The molecule has 1 saturated heterocycles. The second-order valence-corrected chi connectivity index (χ2v) is 3.66. The summed E-state index contributed by atoms with van der Waals surface area (Å²) >= 11 is 5.78. The van der Waals surface area contributed by atoms with E-state index in [0.717, 1.165) is 0 Å². The third-order valence-corrected chi connectivity index (χ3v) is 2.38. The lowest BCUT2D eigenvalue weighted by Gasteiger charge is -2.11. The topological polar surface area (TPSA) is 83.4 Å². The van der Waals surface area contributed by atoms with Crippen molar-refractivity contribution in [1.29, 1.82) is 0 Å². The van der Waals surface area contributed by atoms with Gasteiger partial charge in [0.15, 0.2) is 6.29 Å². The van der Waals surface area contributed by atoms with Crippen LogP contribution in [0.1, 0.15) is 5.69 Å². The van der Waals surface area contributed by atoms with Crippen LogP contribution in [0, 0.1) is 0 Å². The van der Waals surface area contributed by atoms with E-state index < -0.39 is 0 Å². The number of anilines is 2. The molecule has 0 atom stereocenters. The molecule has 1 aliphatic heterocycles. The van der Waals surface area contributed by atoms with Crippen molar-refractivity contribution in [3.63, 3.8) is 0 Å². The van der Waals surface area contributed by atoms with Gasteiger partial charge in [0, 0.05) is 12.5 Å². The van der Waals surface area contributed by atoms with Crippen LogP contribution in [0.15, 0.2) is 6.07 Å². The zero-order chi connectivity index (χ0) is 10.8. The summed E-state index contributed by atoms with van der Waals surface area (Å²) in [4.78, 5) is 4.10. The van der Waals surface area contributed by atoms with Gasteiger partial charge in [-0.3, -0.25) is 0 Å². The Hall–Kier alpha value is -1.04. The summed E-state index contributed by atoms with van der Waals surface area (Å²) in [7, 11) is 0. The van der Waals surface area contributed by atoms with Crippen LogP contribution >= 0.6 is 11.6 Å². The summed E-state index contributed by atoms with van der Waals surface area (Å²) in [6.45, 7) is 1.20. The Balaban J connectivity index is 2.19. The first-order valence-corrected chi connectivity index (χ1v) is 4.98. The Morgan fingerprint density at radius 1 is 1.40 bits per heavy atom. The van der Waals surface area contributed by atoms with Crippen LogP contribution in [0.5, 0.6) is 0 Å². The summed E-state index contributed by atoms with van der Waals surface area (Å²) < 4.78 is 10.6. The number of halogens is 1. The molecular weight excluding hydrogens is 218 g/mol. The van der Waals surface area contributed by atoms with Crippen molar-refractivity contribution in [2.24, 2.45) is 0 Å². The highest BCUT2D eigenvalue weighted by Gasteiger charge is 2.19. The molecule has 4 N–H and O–H groups in total. The van der Waals surface area contributed by atoms with Crippen LogP contribution in [-0.4, -0.2) is 24.5 Å². The first-order chi connectivity index (χ1) is 7.16. The number of rotatable bonds is 2. The van der Waals surface area contributed by atoms with E-state index in [1.165, 1.54) is 6.07 Å². The molecule has 82 valence electrons. The van der Waals surface area contributed by atoms with Crippen molar-refractivity contribution in [2.45, 2.75) is 12.7 Å². The second kappa shape index (κ2) is 4.22. The van der Waals surface area contributed by atoms with Gasteiger partial charge in [-0.2, -0.15) is 0 Å². The summed E-state index contributed by atoms with van der Waals surface area (Å²) in [6, 6.07) is 1.52. The smallest absolute Gasteiger partial charge is 0.163 e. The molecule has 0 aromatic carbocycles. The summed E-state index contributed by atoms with van der Waals surface area (Å²) in [5.74, 6) is 0. The molecule has 0 aliphatic carbocycles. The van der Waals surface area contributed by atoms with Gasteiger partial charge in [0.25, 0.3) is 0 Å². The Kier molecular flexibility index (Phi) is 2.95. The normalized spacial score (nSPS) is 17.1. The van der Waals surface area contributed by atoms with Gasteiger partial charge in [0.05, 0.1) is 30.3 Å². The van der Waals surface area contributed by atoms with E-state index in [9.17, 15) is 0 Å². The molecule has 5 nitrogen and oxygen atoms in total. The van der Waals surface area contributed by atoms with E-state index in [1.807, 2.05) is 0 Å². The third kappa shape index (κ3) is 2.31. The van der Waals surface area contributed by atoms with E-state index in [-0.39, 0.29) is 6.29 Å². The number of nitrogens with zero attached hydrogens (tertiary/aromatic N) is 1. The standard InChI is InChI=1S/C9H12ClN3O2/c10-7-3-5(11)9(12)6(13-7)4-8-14-1-2-15-8/h3,8H,1-2,4,12H2,(H2,11,13). The van der Waals surface area contributed by atoms with E-state index in [4.69, 9.17) is 32.5 Å². The lowest BCUT2D eigenvalue weighted by molar-refractivity contribution is -0.0404. The predicted octanol–water partition coefficient (Wildman–Crippen LogP) is 0.815. The monoisotopic (exact) mass is 229 g/mol. The minimum Gasteiger partial charge on any atom is -0.397 e. The van der Waals surface area contributed by atoms with E-state index in [2.05, 4.69) is 4.98 Å². The number of nitrogens with two attached hydrogens (primary N) is 2. The minimum atomic E-state index is -0.294. The van der Waals surface area contributed by atoms with Gasteiger partial charge >= 0.3 is 0 Å². The Labute approximate surface area is 92.3 Å². The first kappa shape index (κ1) is 10.5. The summed E-state index contributed by atoms with van der Waals surface area (Å²) in [5, 5.41) is 0.328. The van der Waals surface area contributed by atoms with E-state index in [1.54, 1.807) is 0 Å². The quantitative estimate of drug-likeness (QED) is 0.734. The average Bonchev–Trinajstić information content (AvgIpc) is 2.66. The first-order valence-electron chi connectivity index (χ1n) is 4.60. The van der Waals surface area contributed by atoms with Crippen LogP contribution in [0.2, 0.25) is 5.15 Å². The maximum absolute atomic E-state index is 5.78. The van der Waals surface area contributed by atoms with Crippen LogP contribution in [-0.2, 0) is 15.9 Å². The molecule has 6 heteroatoms. The van der Waals surface area contributed by atoms with Gasteiger partial charge < -0.3 is 20.9 Å². The lowest BCUT2D eigenvalue weighted by Crippen LogP contribution is -2.14. The molecule has 0 spiro atoms. The Morgan fingerprint density at radius 3 is 2.73 bits per heavy atom. The van der Waals surface area contributed by atoms with Crippen LogP contribution in [0.3, 0.4) is 0 Å². The van der Waals surface area contributed by atoms with Crippen molar-refractivity contribution in [2.75, 3.05) is 24.7 Å². The molecule has 2 rings (SSSR count). The summed E-state index contributed by atoms with van der Waals surface area (Å²) in [5.41, 5.74) is 12.9. The van der Waals surface area contributed by atoms with Crippen LogP contribution < -0.4 is 11.5 Å². The molecule has 0 unspecified atom stereocenters. The van der Waals surface area contributed by atoms with Gasteiger partial charge in [-0.25, -0.2) is 4.98 Å². The number of hydrogen-bond donors (Lipinski definition) is 2. The fourth-order valence-electron chi connectivity index (χ4n) is 1.43. The largest absolute Gasteiger partial charge is 0.397 e. The Bertz CT molecular complexity index is 367. The highest BCUT2D eigenvalue weighted by molar-refractivity contribution is 6.29. The molecule has 15 heavy (non-hydrogen) atoms. The van der Waals surface area contributed by atoms with Crippen molar-refractivity contribution < 1.29 is 9.47 Å². The Morgan fingerprint density at radius 2 is 2.07 bits per heavy atom. The van der Waals surface area contributed by atoms with Crippen molar-refractivity contribution in [1.82, 2.24) is 4.98 Å². The molecule has 2 heterocycles. The fourth-order valence-corrected chi connectivity index (χ4v) is 1.65. The van der Waals surface area contributed by atoms with Crippen LogP contribution in [0.25, 0.3) is 0 Å². The second-order valence-electron chi connectivity index (χ2n) is 3.27. The fraction of sp³-hybridized carbons (Fsp3) is 0.444. The van der Waals surface area contributed by atoms with Gasteiger partial charge in [0.2, 0.25) is 0 Å². The van der Waals surface area contributed by atoms with Gasteiger partial charge in [0.1, 0.15) is 5.15 Å². The van der Waals surface area contributed by atoms with Gasteiger partial charge in [-0.1, -0.05) is 11.6 Å². The van der Waals surface area contributed by atoms with Crippen molar-refractivity contribution >= 4 is 23.0 Å². The zero-order valence-corrected chi connectivity index (χ0v) is 8.83. The molecule has 1 aliphatic rings. The number of pyridine rings is 1. The molecule has 0 amide bonds. The molecular formula is C9H12ClN3O2. The molecule has 0 saturated carbocycles. The molecule has 1 aromatic heterocycles. The highest BCUT2D eigenvalue weighted by atomic mass is 35.5. The van der Waals surface area contributed by atoms with Crippen molar-refractivity contribution in [3.05, 3.63) is 16.9 Å². The maximum atomic E-state index is 5.78. The van der Waals surface area contributed by atoms with E-state index >= 15 is 0 Å². The van der Waals surface area contributed by atoms with Gasteiger partial charge in [-0.05, 0) is 0 Å². The number of aromatic nitrogens is 1. The molecule has 0 bridgehead atoms. The van der Waals surface area contributed by atoms with Gasteiger partial charge in [-0.15, -0.1) is 0 Å². The summed E-state index contributed by atoms with van der Waals surface area (Å²) in [6.07, 6.45) is 0.175. The average molecular weight is 230 g/mol.